The third-order valence-electron chi connectivity index (χ3n) is 1.45. The summed E-state index contributed by atoms with van der Waals surface area (Å²) in [5, 5.41) is 3.63. The molecule has 0 aliphatic heterocycles. The molecule has 3 nitrogen and oxygen atoms in total. The van der Waals surface area contributed by atoms with Gasteiger partial charge in [-0.05, 0) is 30.7 Å². The van der Waals surface area contributed by atoms with Crippen molar-refractivity contribution in [3.05, 3.63) is 23.5 Å². The molecular formula is C8H9ClN2O. The minimum Gasteiger partial charge on any atom is -0.276 e. The van der Waals surface area contributed by atoms with Crippen molar-refractivity contribution in [2.45, 2.75) is 6.92 Å². The first kappa shape index (κ1) is 9.00. The van der Waals surface area contributed by atoms with Crippen LogP contribution in [0.1, 0.15) is 11.3 Å². The molecule has 0 aliphatic rings. The van der Waals surface area contributed by atoms with Crippen LogP contribution in [0.25, 0.3) is 6.08 Å². The van der Waals surface area contributed by atoms with Crippen molar-refractivity contribution in [3.63, 3.8) is 0 Å². The van der Waals surface area contributed by atoms with E-state index in [9.17, 15) is 4.79 Å². The lowest BCUT2D eigenvalue weighted by atomic mass is 10.2. The zero-order chi connectivity index (χ0) is 9.14. The maximum Gasteiger partial charge on any atom is 0.245 e. The molecule has 0 atom stereocenters. The number of aryl methyl sites for hydroxylation is 2. The average Bonchev–Trinajstić information content (AvgIpc) is 2.26. The van der Waals surface area contributed by atoms with Crippen molar-refractivity contribution in [2.24, 2.45) is 7.05 Å². The molecule has 12 heavy (non-hydrogen) atoms. The largest absolute Gasteiger partial charge is 0.276 e. The van der Waals surface area contributed by atoms with E-state index in [1.54, 1.807) is 10.8 Å². The van der Waals surface area contributed by atoms with E-state index >= 15 is 0 Å². The number of hydrogen-bond acceptors (Lipinski definition) is 2. The molecule has 0 aliphatic carbocycles. The van der Waals surface area contributed by atoms with Crippen LogP contribution in [0.3, 0.4) is 0 Å². The fourth-order valence-corrected chi connectivity index (χ4v) is 1.000. The second kappa shape index (κ2) is 3.54. The van der Waals surface area contributed by atoms with Gasteiger partial charge in [0.05, 0.1) is 5.69 Å². The molecule has 1 aromatic heterocycles. The first-order chi connectivity index (χ1) is 5.59. The summed E-state index contributed by atoms with van der Waals surface area (Å²) in [7, 11) is 1.83. The highest BCUT2D eigenvalue weighted by Gasteiger charge is 1.98. The Kier molecular flexibility index (Phi) is 2.65. The lowest BCUT2D eigenvalue weighted by Gasteiger charge is -1.83. The van der Waals surface area contributed by atoms with Gasteiger partial charge >= 0.3 is 0 Å². The Bertz CT molecular complexity index is 328. The van der Waals surface area contributed by atoms with Gasteiger partial charge in [0.25, 0.3) is 0 Å². The number of carbonyl (C=O) groups excluding carboxylic acids is 1. The summed E-state index contributed by atoms with van der Waals surface area (Å²) in [6.45, 7) is 1.87. The molecule has 0 unspecified atom stereocenters. The van der Waals surface area contributed by atoms with Crippen LogP contribution in [0.15, 0.2) is 12.3 Å². The predicted octanol–water partition coefficient (Wildman–Crippen LogP) is 1.51. The number of nitrogens with zero attached hydrogens (tertiary/aromatic N) is 2. The van der Waals surface area contributed by atoms with Crippen LogP contribution >= 0.6 is 11.6 Å². The minimum absolute atomic E-state index is 0.474. The molecule has 0 aromatic carbocycles. The predicted molar refractivity (Wildman–Crippen MR) is 47.8 cm³/mol. The quantitative estimate of drug-likeness (QED) is 0.516. The second-order valence-electron chi connectivity index (χ2n) is 2.48. The van der Waals surface area contributed by atoms with Gasteiger partial charge in [0, 0.05) is 18.8 Å². The number of carbonyl (C=O) groups is 1. The monoisotopic (exact) mass is 184 g/mol. The fraction of sp³-hybridized carbons (Fsp3) is 0.250. The second-order valence-corrected chi connectivity index (χ2v) is 2.85. The van der Waals surface area contributed by atoms with Gasteiger partial charge in [0.2, 0.25) is 5.24 Å². The van der Waals surface area contributed by atoms with Crippen LogP contribution in [-0.4, -0.2) is 15.0 Å². The SMILES string of the molecule is Cc1nn(C)cc1C=CC(=O)Cl. The summed E-state index contributed by atoms with van der Waals surface area (Å²) in [4.78, 5) is 10.4. The molecule has 4 heteroatoms. The lowest BCUT2D eigenvalue weighted by molar-refractivity contribution is -0.107. The molecule has 0 spiro atoms. The molecular weight excluding hydrogens is 176 g/mol. The van der Waals surface area contributed by atoms with E-state index < -0.39 is 5.24 Å². The van der Waals surface area contributed by atoms with E-state index in [4.69, 9.17) is 11.6 Å². The third kappa shape index (κ3) is 2.20. The summed E-state index contributed by atoms with van der Waals surface area (Å²) in [6, 6.07) is 0. The van der Waals surface area contributed by atoms with Gasteiger partial charge in [0.1, 0.15) is 0 Å². The molecule has 0 fully saturated rings. The zero-order valence-electron chi connectivity index (χ0n) is 6.91. The first-order valence-electron chi connectivity index (χ1n) is 3.47. The topological polar surface area (TPSA) is 34.9 Å². The molecule has 1 rings (SSSR count). The maximum atomic E-state index is 10.4. The lowest BCUT2D eigenvalue weighted by Crippen LogP contribution is -1.86. The van der Waals surface area contributed by atoms with Crippen molar-refractivity contribution < 1.29 is 4.79 Å². The van der Waals surface area contributed by atoms with Crippen molar-refractivity contribution in [1.29, 1.82) is 0 Å². The summed E-state index contributed by atoms with van der Waals surface area (Å²) in [5.74, 6) is 0. The average molecular weight is 185 g/mol. The van der Waals surface area contributed by atoms with Crippen molar-refractivity contribution in [3.8, 4) is 0 Å². The van der Waals surface area contributed by atoms with Crippen LogP contribution in [0.5, 0.6) is 0 Å². The van der Waals surface area contributed by atoms with Crippen LogP contribution in [0.4, 0.5) is 0 Å². The van der Waals surface area contributed by atoms with Gasteiger partial charge in [-0.25, -0.2) is 0 Å². The number of allylic oxidation sites excluding steroid dienone is 1. The zero-order valence-corrected chi connectivity index (χ0v) is 7.67. The van der Waals surface area contributed by atoms with E-state index in [1.165, 1.54) is 6.08 Å². The van der Waals surface area contributed by atoms with Crippen molar-refractivity contribution >= 4 is 22.9 Å². The van der Waals surface area contributed by atoms with Gasteiger partial charge in [-0.3, -0.25) is 9.48 Å². The highest BCUT2D eigenvalue weighted by atomic mass is 35.5. The van der Waals surface area contributed by atoms with Crippen molar-refractivity contribution in [2.75, 3.05) is 0 Å². The van der Waals surface area contributed by atoms with Crippen LogP contribution in [0, 0.1) is 6.92 Å². The van der Waals surface area contributed by atoms with Gasteiger partial charge in [-0.15, -0.1) is 0 Å². The standard InChI is InChI=1S/C8H9ClN2O/c1-6-7(3-4-8(9)12)5-11(2)10-6/h3-5H,1-2H3. The van der Waals surface area contributed by atoms with Crippen molar-refractivity contribution in [1.82, 2.24) is 9.78 Å². The molecule has 1 heterocycles. The first-order valence-corrected chi connectivity index (χ1v) is 3.85. The van der Waals surface area contributed by atoms with E-state index in [1.807, 2.05) is 20.2 Å². The number of halogens is 1. The van der Waals surface area contributed by atoms with Gasteiger partial charge in [-0.2, -0.15) is 5.10 Å². The summed E-state index contributed by atoms with van der Waals surface area (Å²) in [6.07, 6.45) is 4.79. The fourth-order valence-electron chi connectivity index (χ4n) is 0.937. The van der Waals surface area contributed by atoms with E-state index in [-0.39, 0.29) is 0 Å². The summed E-state index contributed by atoms with van der Waals surface area (Å²) in [5.41, 5.74) is 1.79. The molecule has 0 amide bonds. The third-order valence-corrected chi connectivity index (χ3v) is 1.57. The summed E-state index contributed by atoms with van der Waals surface area (Å²) >= 11 is 5.13. The highest BCUT2D eigenvalue weighted by molar-refractivity contribution is 6.66. The normalized spacial score (nSPS) is 10.9. The Labute approximate surface area is 75.6 Å². The van der Waals surface area contributed by atoms with Gasteiger partial charge in [0.15, 0.2) is 0 Å². The number of aromatic nitrogens is 2. The highest BCUT2D eigenvalue weighted by Crippen LogP contribution is 2.06. The Morgan fingerprint density at radius 3 is 2.83 bits per heavy atom. The Balaban J connectivity index is 2.89. The van der Waals surface area contributed by atoms with E-state index in [0.717, 1.165) is 11.3 Å². The molecule has 0 bridgehead atoms. The van der Waals surface area contributed by atoms with Crippen LogP contribution < -0.4 is 0 Å². The molecule has 0 saturated carbocycles. The molecule has 64 valence electrons. The molecule has 1 aromatic rings. The van der Waals surface area contributed by atoms with E-state index in [0.29, 0.717) is 0 Å². The van der Waals surface area contributed by atoms with E-state index in [2.05, 4.69) is 5.10 Å². The van der Waals surface area contributed by atoms with Gasteiger partial charge in [-0.1, -0.05) is 0 Å². The number of rotatable bonds is 2. The Morgan fingerprint density at radius 1 is 1.75 bits per heavy atom. The molecule has 0 radical (unpaired) electrons. The maximum absolute atomic E-state index is 10.4. The van der Waals surface area contributed by atoms with Crippen LogP contribution in [-0.2, 0) is 11.8 Å². The minimum atomic E-state index is -0.474. The summed E-state index contributed by atoms with van der Waals surface area (Å²) < 4.78 is 1.69. The smallest absolute Gasteiger partial charge is 0.245 e. The van der Waals surface area contributed by atoms with Crippen LogP contribution in [0.2, 0.25) is 0 Å². The van der Waals surface area contributed by atoms with Gasteiger partial charge < -0.3 is 0 Å². The Hall–Kier alpha value is -1.09. The molecule has 0 saturated heterocycles. The molecule has 0 N–H and O–H groups in total. The number of hydrogen-bond donors (Lipinski definition) is 0. The Morgan fingerprint density at radius 2 is 2.42 bits per heavy atom.